The topological polar surface area (TPSA) is 101 Å². The van der Waals surface area contributed by atoms with Gasteiger partial charge in [-0.25, -0.2) is 15.0 Å². The summed E-state index contributed by atoms with van der Waals surface area (Å²) in [5, 5.41) is 8.30. The van der Waals surface area contributed by atoms with E-state index >= 15 is 0 Å². The Morgan fingerprint density at radius 1 is 1.21 bits per heavy atom. The number of H-pyrrole nitrogens is 1. The minimum atomic E-state index is -0.0845. The lowest BCUT2D eigenvalue weighted by Crippen LogP contribution is -2.16. The van der Waals surface area contributed by atoms with Gasteiger partial charge in [-0.05, 0) is 24.6 Å². The Hall–Kier alpha value is -2.91. The lowest BCUT2D eigenvalue weighted by molar-refractivity contribution is -0.113. The first-order chi connectivity index (χ1) is 13.6. The number of nitrogens with one attached hydrogen (secondary N) is 2. The van der Waals surface area contributed by atoms with Crippen molar-refractivity contribution in [3.05, 3.63) is 58.8 Å². The van der Waals surface area contributed by atoms with Crippen molar-refractivity contribution in [2.75, 3.05) is 11.1 Å². The predicted molar refractivity (Wildman–Crippen MR) is 108 cm³/mol. The van der Waals surface area contributed by atoms with Gasteiger partial charge >= 0.3 is 0 Å². The first-order valence-electron chi connectivity index (χ1n) is 8.52. The van der Waals surface area contributed by atoms with Gasteiger partial charge in [0.2, 0.25) is 5.91 Å². The van der Waals surface area contributed by atoms with Crippen LogP contribution in [0.25, 0.3) is 17.0 Å². The van der Waals surface area contributed by atoms with Crippen LogP contribution in [0, 0.1) is 6.92 Å². The zero-order valence-electron chi connectivity index (χ0n) is 14.7. The van der Waals surface area contributed by atoms with Crippen molar-refractivity contribution in [2.45, 2.75) is 12.2 Å². The van der Waals surface area contributed by atoms with Crippen molar-refractivity contribution in [1.29, 1.82) is 0 Å². The molecular weight excluding hydrogens is 398 g/mol. The molecule has 140 valence electrons. The van der Waals surface area contributed by atoms with Crippen molar-refractivity contribution in [3.8, 4) is 5.82 Å². The number of aryl methyl sites for hydroxylation is 1. The number of halogens is 1. The number of rotatable bonds is 2. The van der Waals surface area contributed by atoms with Gasteiger partial charge in [-0.2, -0.15) is 9.78 Å². The molecule has 4 aromatic rings. The first kappa shape index (κ1) is 17.2. The summed E-state index contributed by atoms with van der Waals surface area (Å²) in [7, 11) is 0. The summed E-state index contributed by atoms with van der Waals surface area (Å²) in [5.41, 5.74) is 4.02. The number of nitrogens with zero attached hydrogens (tertiary/aromatic N) is 5. The number of thioether (sulfide) groups is 1. The summed E-state index contributed by atoms with van der Waals surface area (Å²) in [6, 6.07) is 7.67. The molecule has 0 radical (unpaired) electrons. The molecule has 2 N–H and O–H groups in total. The Morgan fingerprint density at radius 2 is 2.04 bits per heavy atom. The molecule has 0 fully saturated rings. The fourth-order valence-corrected chi connectivity index (χ4v) is 4.67. The molecule has 1 aromatic carbocycles. The Labute approximate surface area is 168 Å². The van der Waals surface area contributed by atoms with E-state index in [9.17, 15) is 4.79 Å². The molecule has 8 nitrogen and oxygen atoms in total. The second kappa shape index (κ2) is 6.61. The van der Waals surface area contributed by atoms with Crippen LogP contribution in [-0.4, -0.2) is 41.4 Å². The Balaban J connectivity index is 1.73. The maximum absolute atomic E-state index is 12.4. The van der Waals surface area contributed by atoms with E-state index in [0.717, 1.165) is 16.8 Å². The third-order valence-corrected chi connectivity index (χ3v) is 6.11. The average molecular weight is 412 g/mol. The number of hydrogen-bond acceptors (Lipinski definition) is 6. The molecule has 28 heavy (non-hydrogen) atoms. The lowest BCUT2D eigenvalue weighted by Gasteiger charge is -2.15. The van der Waals surface area contributed by atoms with E-state index in [2.05, 4.69) is 30.4 Å². The van der Waals surface area contributed by atoms with Gasteiger partial charge in [0.05, 0.1) is 23.0 Å². The van der Waals surface area contributed by atoms with E-state index in [1.54, 1.807) is 22.8 Å². The van der Waals surface area contributed by atoms with Crippen LogP contribution in [0.2, 0.25) is 5.02 Å². The molecule has 1 aliphatic rings. The quantitative estimate of drug-likeness (QED) is 0.525. The minimum Gasteiger partial charge on any atom is -0.340 e. The molecule has 1 amide bonds. The predicted octanol–water partition coefficient (Wildman–Crippen LogP) is 3.28. The van der Waals surface area contributed by atoms with Gasteiger partial charge in [-0.15, -0.1) is 11.8 Å². The van der Waals surface area contributed by atoms with Crippen LogP contribution in [0.15, 0.2) is 36.9 Å². The number of hydrogen-bond donors (Lipinski definition) is 2. The van der Waals surface area contributed by atoms with E-state index < -0.39 is 0 Å². The summed E-state index contributed by atoms with van der Waals surface area (Å²) >= 11 is 7.61. The number of carbonyl (C=O) groups excluding carboxylic acids is 1. The molecule has 0 aliphatic carbocycles. The van der Waals surface area contributed by atoms with Gasteiger partial charge < -0.3 is 10.3 Å². The van der Waals surface area contributed by atoms with Crippen LogP contribution >= 0.6 is 23.4 Å². The van der Waals surface area contributed by atoms with Crippen LogP contribution < -0.4 is 5.32 Å². The second-order valence-corrected chi connectivity index (χ2v) is 7.88. The zero-order chi connectivity index (χ0) is 19.3. The van der Waals surface area contributed by atoms with Crippen LogP contribution in [-0.2, 0) is 4.79 Å². The minimum absolute atomic E-state index is 0.0564. The highest BCUT2D eigenvalue weighted by Crippen LogP contribution is 2.44. The van der Waals surface area contributed by atoms with Crippen molar-refractivity contribution < 1.29 is 4.79 Å². The van der Waals surface area contributed by atoms with Gasteiger partial charge in [-0.3, -0.25) is 4.79 Å². The summed E-state index contributed by atoms with van der Waals surface area (Å²) < 4.78 is 1.65. The van der Waals surface area contributed by atoms with Crippen molar-refractivity contribution in [1.82, 2.24) is 29.7 Å². The third-order valence-electron chi connectivity index (χ3n) is 4.58. The van der Waals surface area contributed by atoms with Gasteiger partial charge in [0.15, 0.2) is 11.5 Å². The number of carbonyl (C=O) groups is 1. The van der Waals surface area contributed by atoms with E-state index in [0.29, 0.717) is 33.6 Å². The maximum Gasteiger partial charge on any atom is 0.235 e. The zero-order valence-corrected chi connectivity index (χ0v) is 16.3. The van der Waals surface area contributed by atoms with Crippen LogP contribution in [0.5, 0.6) is 0 Å². The molecule has 0 unspecified atom stereocenters. The highest BCUT2D eigenvalue weighted by molar-refractivity contribution is 8.00. The summed E-state index contributed by atoms with van der Waals surface area (Å²) in [4.78, 5) is 28.2. The molecule has 0 bridgehead atoms. The molecule has 0 spiro atoms. The monoisotopic (exact) mass is 411 g/mol. The van der Waals surface area contributed by atoms with Crippen LogP contribution in [0.1, 0.15) is 22.1 Å². The smallest absolute Gasteiger partial charge is 0.235 e. The van der Waals surface area contributed by atoms with Crippen molar-refractivity contribution >= 4 is 46.3 Å². The Morgan fingerprint density at radius 3 is 2.86 bits per heavy atom. The highest BCUT2D eigenvalue weighted by Gasteiger charge is 2.31. The largest absolute Gasteiger partial charge is 0.340 e. The Kier molecular flexibility index (Phi) is 4.06. The summed E-state index contributed by atoms with van der Waals surface area (Å²) in [6.45, 7) is 1.93. The average Bonchev–Trinajstić information content (AvgIpc) is 3.24. The van der Waals surface area contributed by atoms with Gasteiger partial charge in [0.1, 0.15) is 17.7 Å². The van der Waals surface area contributed by atoms with E-state index in [-0.39, 0.29) is 11.2 Å². The molecule has 4 heterocycles. The number of aromatic amines is 1. The summed E-state index contributed by atoms with van der Waals surface area (Å²) in [5.74, 6) is 1.40. The normalized spacial score (nSPS) is 16.6. The molecule has 5 rings (SSSR count). The molecule has 0 saturated heterocycles. The molecular formula is C18H14ClN7OS. The van der Waals surface area contributed by atoms with Crippen molar-refractivity contribution in [2.24, 2.45) is 0 Å². The van der Waals surface area contributed by atoms with Gasteiger partial charge in [-0.1, -0.05) is 23.7 Å². The fraction of sp³-hybridized carbons (Fsp3) is 0.167. The standard InChI is InChI=1S/C18H14ClN7OS/c1-9-13-15(10-2-4-11(19)5-3-10)28-6-12(27)24-17(13)26(25-9)18-14-16(21-7-20-14)22-8-23-18/h2-5,7-8,15H,6H2,1H3,(H,24,27)(H,20,21,22,23)/t15-/m0/s1. The second-order valence-electron chi connectivity index (χ2n) is 6.35. The number of fused-ring (bicyclic) bond motifs is 2. The first-order valence-corrected chi connectivity index (χ1v) is 9.95. The van der Waals surface area contributed by atoms with E-state index in [4.69, 9.17) is 11.6 Å². The number of anilines is 1. The fourth-order valence-electron chi connectivity index (χ4n) is 3.35. The molecule has 1 aliphatic heterocycles. The van der Waals surface area contributed by atoms with Crippen LogP contribution in [0.4, 0.5) is 5.82 Å². The van der Waals surface area contributed by atoms with Crippen molar-refractivity contribution in [3.63, 3.8) is 0 Å². The van der Waals surface area contributed by atoms with Gasteiger partial charge in [0, 0.05) is 10.6 Å². The maximum atomic E-state index is 12.4. The molecule has 0 saturated carbocycles. The number of benzene rings is 1. The van der Waals surface area contributed by atoms with Gasteiger partial charge in [0.25, 0.3) is 0 Å². The Bertz CT molecular complexity index is 1200. The number of aromatic nitrogens is 6. The number of amides is 1. The molecule has 3 aromatic heterocycles. The summed E-state index contributed by atoms with van der Waals surface area (Å²) in [6.07, 6.45) is 2.99. The SMILES string of the molecule is Cc1nn(-c2ncnc3nc[nH]c23)c2c1[C@H](c1ccc(Cl)cc1)SCC(=O)N2. The van der Waals surface area contributed by atoms with E-state index in [1.807, 2.05) is 31.2 Å². The molecule has 1 atom stereocenters. The molecule has 10 heteroatoms. The third kappa shape index (κ3) is 2.74. The lowest BCUT2D eigenvalue weighted by atomic mass is 10.0. The van der Waals surface area contributed by atoms with Crippen LogP contribution in [0.3, 0.4) is 0 Å². The van der Waals surface area contributed by atoms with E-state index in [1.165, 1.54) is 6.33 Å². The number of imidazole rings is 1. The highest BCUT2D eigenvalue weighted by atomic mass is 35.5.